The van der Waals surface area contributed by atoms with Gasteiger partial charge in [0.15, 0.2) is 10.8 Å². The van der Waals surface area contributed by atoms with Gasteiger partial charge in [0.25, 0.3) is 0 Å². The zero-order valence-corrected chi connectivity index (χ0v) is 14.8. The summed E-state index contributed by atoms with van der Waals surface area (Å²) >= 11 is 5.70. The van der Waals surface area contributed by atoms with Crippen molar-refractivity contribution in [2.45, 2.75) is 25.6 Å². The number of ether oxygens (including phenoxy) is 2. The molecule has 2 heterocycles. The number of methoxy groups -OCH3 is 1. The van der Waals surface area contributed by atoms with Crippen LogP contribution in [0, 0.1) is 5.92 Å². The van der Waals surface area contributed by atoms with Crippen molar-refractivity contribution in [2.75, 3.05) is 12.0 Å². The first kappa shape index (κ1) is 15.3. The van der Waals surface area contributed by atoms with Gasteiger partial charge in [-0.2, -0.15) is 0 Å². The largest absolute Gasteiger partial charge is 0.495 e. The van der Waals surface area contributed by atoms with E-state index in [0.717, 1.165) is 22.7 Å². The van der Waals surface area contributed by atoms with Crippen LogP contribution >= 0.6 is 12.2 Å². The minimum absolute atomic E-state index is 0.137. The molecule has 4 nitrogen and oxygen atoms in total. The number of para-hydroxylation sites is 3. The number of hydrogen-bond acceptors (Lipinski definition) is 3. The van der Waals surface area contributed by atoms with E-state index < -0.39 is 5.72 Å². The van der Waals surface area contributed by atoms with E-state index in [1.54, 1.807) is 7.11 Å². The summed E-state index contributed by atoms with van der Waals surface area (Å²) in [5.74, 6) is 1.87. The lowest BCUT2D eigenvalue weighted by Gasteiger charge is -2.56. The lowest BCUT2D eigenvalue weighted by atomic mass is 9.80. The van der Waals surface area contributed by atoms with Gasteiger partial charge in [-0.1, -0.05) is 37.3 Å². The molecule has 0 spiro atoms. The van der Waals surface area contributed by atoms with Crippen molar-refractivity contribution in [1.82, 2.24) is 5.32 Å². The molecule has 3 atom stereocenters. The molecule has 2 bridgehead atoms. The molecule has 5 heteroatoms. The first-order valence-corrected chi connectivity index (χ1v) is 8.49. The van der Waals surface area contributed by atoms with Crippen LogP contribution in [0.1, 0.15) is 25.5 Å². The number of hydrogen-bond donors (Lipinski definition) is 1. The van der Waals surface area contributed by atoms with Crippen LogP contribution in [-0.2, 0) is 0 Å². The first-order chi connectivity index (χ1) is 11.6. The van der Waals surface area contributed by atoms with E-state index in [9.17, 15) is 0 Å². The molecule has 0 aliphatic carbocycles. The molecule has 4 rings (SSSR count). The van der Waals surface area contributed by atoms with Crippen LogP contribution in [0.4, 0.5) is 5.69 Å². The Kier molecular flexibility index (Phi) is 3.42. The second kappa shape index (κ2) is 5.38. The van der Waals surface area contributed by atoms with Gasteiger partial charge in [-0.25, -0.2) is 0 Å². The van der Waals surface area contributed by atoms with E-state index in [1.807, 2.05) is 47.4 Å². The average Bonchev–Trinajstić information content (AvgIpc) is 2.58. The van der Waals surface area contributed by atoms with Crippen LogP contribution in [0.5, 0.6) is 11.5 Å². The molecule has 0 radical (unpaired) electrons. The van der Waals surface area contributed by atoms with Crippen LogP contribution in [0.25, 0.3) is 0 Å². The average molecular weight is 340 g/mol. The molecule has 0 amide bonds. The van der Waals surface area contributed by atoms with Crippen LogP contribution in [-0.4, -0.2) is 17.9 Å². The summed E-state index contributed by atoms with van der Waals surface area (Å²) in [6.45, 7) is 4.29. The van der Waals surface area contributed by atoms with Crippen molar-refractivity contribution in [3.05, 3.63) is 54.1 Å². The normalized spacial score (nSPS) is 27.8. The quantitative estimate of drug-likeness (QED) is 0.839. The summed E-state index contributed by atoms with van der Waals surface area (Å²) < 4.78 is 12.0. The summed E-state index contributed by atoms with van der Waals surface area (Å²) in [5.41, 5.74) is 1.48. The Bertz CT molecular complexity index is 809. The minimum Gasteiger partial charge on any atom is -0.495 e. The predicted octanol–water partition coefficient (Wildman–Crippen LogP) is 3.88. The third-order valence-corrected chi connectivity index (χ3v) is 5.47. The highest BCUT2D eigenvalue weighted by atomic mass is 32.1. The molecule has 24 heavy (non-hydrogen) atoms. The van der Waals surface area contributed by atoms with Gasteiger partial charge in [0.05, 0.1) is 18.8 Å². The number of nitrogens with one attached hydrogen (secondary N) is 1. The smallest absolute Gasteiger partial charge is 0.191 e. The van der Waals surface area contributed by atoms with Gasteiger partial charge in [0.1, 0.15) is 11.5 Å². The molecule has 0 saturated carbocycles. The van der Waals surface area contributed by atoms with E-state index in [2.05, 4.69) is 25.2 Å². The van der Waals surface area contributed by atoms with Gasteiger partial charge in [0.2, 0.25) is 0 Å². The van der Waals surface area contributed by atoms with Gasteiger partial charge < -0.3 is 14.8 Å². The standard InChI is InChI=1S/C19H20N2O2S/c1-12-17-13-8-4-6-10-15(13)23-19(12,2)21(18(24)20-17)14-9-5-7-11-16(14)22-3/h4-12,17H,1-3H3,(H,20,24)/t12-,17-,19-/m1/s1. The molecule has 2 aliphatic heterocycles. The SMILES string of the molecule is COc1ccccc1N1C(=S)N[C@H]2c3ccccc3O[C@]1(C)[C@@H]2C. The topological polar surface area (TPSA) is 33.7 Å². The lowest BCUT2D eigenvalue weighted by Crippen LogP contribution is -2.69. The Balaban J connectivity index is 1.88. The van der Waals surface area contributed by atoms with Crippen molar-refractivity contribution in [1.29, 1.82) is 0 Å². The highest BCUT2D eigenvalue weighted by Crippen LogP contribution is 2.50. The first-order valence-electron chi connectivity index (χ1n) is 8.08. The molecule has 0 aromatic heterocycles. The fraction of sp³-hybridized carbons (Fsp3) is 0.316. The monoisotopic (exact) mass is 340 g/mol. The highest BCUT2D eigenvalue weighted by molar-refractivity contribution is 7.80. The second-order valence-electron chi connectivity index (χ2n) is 6.42. The molecule has 1 N–H and O–H groups in total. The van der Waals surface area contributed by atoms with Crippen LogP contribution < -0.4 is 19.7 Å². The molecule has 1 saturated heterocycles. The van der Waals surface area contributed by atoms with Gasteiger partial charge >= 0.3 is 0 Å². The molecule has 2 aromatic rings. The van der Waals surface area contributed by atoms with E-state index in [1.165, 1.54) is 0 Å². The van der Waals surface area contributed by atoms with Crippen molar-refractivity contribution in [3.63, 3.8) is 0 Å². The fourth-order valence-corrected chi connectivity index (χ4v) is 4.15. The molecule has 2 aromatic carbocycles. The van der Waals surface area contributed by atoms with Crippen molar-refractivity contribution in [3.8, 4) is 11.5 Å². The number of rotatable bonds is 2. The summed E-state index contributed by atoms with van der Waals surface area (Å²) in [4.78, 5) is 2.04. The third-order valence-electron chi connectivity index (χ3n) is 5.17. The highest BCUT2D eigenvalue weighted by Gasteiger charge is 2.54. The number of thiocarbonyl (C=S) groups is 1. The van der Waals surface area contributed by atoms with E-state index in [0.29, 0.717) is 5.11 Å². The van der Waals surface area contributed by atoms with Gasteiger partial charge in [-0.15, -0.1) is 0 Å². The maximum atomic E-state index is 6.48. The molecule has 0 unspecified atom stereocenters. The van der Waals surface area contributed by atoms with E-state index in [4.69, 9.17) is 21.7 Å². The molecule has 2 aliphatic rings. The van der Waals surface area contributed by atoms with E-state index in [-0.39, 0.29) is 12.0 Å². The Morgan fingerprint density at radius 1 is 1.17 bits per heavy atom. The fourth-order valence-electron chi connectivity index (χ4n) is 3.74. The van der Waals surface area contributed by atoms with Crippen LogP contribution in [0.3, 0.4) is 0 Å². The Labute approximate surface area is 147 Å². The second-order valence-corrected chi connectivity index (χ2v) is 6.80. The molecule has 1 fully saturated rings. The molecular weight excluding hydrogens is 320 g/mol. The Hall–Kier alpha value is -2.27. The van der Waals surface area contributed by atoms with Gasteiger partial charge in [0, 0.05) is 11.5 Å². The van der Waals surface area contributed by atoms with Crippen molar-refractivity contribution < 1.29 is 9.47 Å². The maximum Gasteiger partial charge on any atom is 0.191 e. The van der Waals surface area contributed by atoms with Gasteiger partial charge in [-0.05, 0) is 37.3 Å². The maximum absolute atomic E-state index is 6.48. The van der Waals surface area contributed by atoms with E-state index >= 15 is 0 Å². The van der Waals surface area contributed by atoms with Crippen LogP contribution in [0.15, 0.2) is 48.5 Å². The summed E-state index contributed by atoms with van der Waals surface area (Å²) in [6.07, 6.45) is 0. The van der Waals surface area contributed by atoms with Crippen molar-refractivity contribution in [2.24, 2.45) is 5.92 Å². The number of anilines is 1. The Morgan fingerprint density at radius 3 is 2.67 bits per heavy atom. The van der Waals surface area contributed by atoms with Crippen LogP contribution in [0.2, 0.25) is 0 Å². The lowest BCUT2D eigenvalue weighted by molar-refractivity contribution is -0.00342. The third kappa shape index (κ3) is 2.01. The number of nitrogens with zero attached hydrogens (tertiary/aromatic N) is 1. The zero-order chi connectivity index (χ0) is 16.9. The van der Waals surface area contributed by atoms with Crippen molar-refractivity contribution >= 4 is 23.0 Å². The molecule has 124 valence electrons. The Morgan fingerprint density at radius 2 is 1.88 bits per heavy atom. The molecular formula is C19H20N2O2S. The minimum atomic E-state index is -0.587. The summed E-state index contributed by atoms with van der Waals surface area (Å²) in [7, 11) is 1.67. The number of fused-ring (bicyclic) bond motifs is 4. The summed E-state index contributed by atoms with van der Waals surface area (Å²) in [6, 6.07) is 16.2. The summed E-state index contributed by atoms with van der Waals surface area (Å²) in [5, 5.41) is 4.15. The number of benzene rings is 2. The van der Waals surface area contributed by atoms with Gasteiger partial charge in [-0.3, -0.25) is 4.90 Å². The predicted molar refractivity (Wildman–Crippen MR) is 98.6 cm³/mol. The zero-order valence-electron chi connectivity index (χ0n) is 13.9.